The maximum Gasteiger partial charge on any atom is 0.266 e. The smallest absolute Gasteiger partial charge is 0.266 e. The summed E-state index contributed by atoms with van der Waals surface area (Å²) >= 11 is 0. The summed E-state index contributed by atoms with van der Waals surface area (Å²) in [6, 6.07) is -0.0281. The van der Waals surface area contributed by atoms with E-state index in [2.05, 4.69) is 31.6 Å². The molecular weight excluding hydrogens is 737 g/mol. The second kappa shape index (κ2) is 23.0. The van der Waals surface area contributed by atoms with Gasteiger partial charge in [-0.3, -0.25) is 33.2 Å². The van der Waals surface area contributed by atoms with E-state index in [-0.39, 0.29) is 75.6 Å². The molecule has 1 aromatic heterocycles. The van der Waals surface area contributed by atoms with Crippen LogP contribution in [0.25, 0.3) is 0 Å². The zero-order valence-corrected chi connectivity index (χ0v) is 32.8. The highest BCUT2D eigenvalue weighted by Gasteiger charge is 2.26. The van der Waals surface area contributed by atoms with Crippen LogP contribution in [-0.2, 0) is 57.1 Å². The van der Waals surface area contributed by atoms with Gasteiger partial charge in [0.1, 0.15) is 18.4 Å². The number of ether oxygens (including phenoxy) is 1. The van der Waals surface area contributed by atoms with E-state index >= 15 is 0 Å². The number of carbonyl (C=O) groups is 4. The molecule has 0 saturated heterocycles. The summed E-state index contributed by atoms with van der Waals surface area (Å²) in [5, 5.41) is 19.6. The number of Topliss-reactive ketones (excluding diaryl/α,β-unsaturated/α-hetero) is 1. The summed E-state index contributed by atoms with van der Waals surface area (Å²) in [5.74, 6) is -2.76. The van der Waals surface area contributed by atoms with Crippen molar-refractivity contribution < 1.29 is 49.9 Å². The number of unbranched alkanes of at least 4 members (excludes halogenated alkanes) is 1. The first kappa shape index (κ1) is 46.1. The molecule has 1 unspecified atom stereocenters. The first-order valence-corrected chi connectivity index (χ1v) is 21.3. The average molecular weight is 795 g/mol. The van der Waals surface area contributed by atoms with Crippen molar-refractivity contribution >= 4 is 43.7 Å². The third-order valence-corrected chi connectivity index (χ3v) is 9.82. The largest absolute Gasteiger partial charge is 0.362 e. The average Bonchev–Trinajstić information content (AvgIpc) is 3.42. The summed E-state index contributed by atoms with van der Waals surface area (Å²) in [6.07, 6.45) is 5.61. The van der Waals surface area contributed by atoms with Crippen molar-refractivity contribution in [3.8, 4) is 0 Å². The lowest BCUT2D eigenvalue weighted by atomic mass is 9.96. The van der Waals surface area contributed by atoms with E-state index in [1.54, 1.807) is 4.68 Å². The molecule has 1 aliphatic carbocycles. The molecular formula is C32H58N8O11S2. The SMILES string of the molecule is CC(C)N[C@H](CCCCNC(=O)COC1CCCCCc2c1nnn2CCN(CC(=O)NCCS(=O)(=O)O)CC(=O)NCCS(=O)(=O)O)C(=O)C(C)C. The normalized spacial score (nSPS) is 15.8. The molecule has 0 radical (unpaired) electrons. The number of ketones is 1. The number of nitrogens with one attached hydrogen (secondary N) is 4. The number of carbonyl (C=O) groups excluding carboxylic acids is 4. The van der Waals surface area contributed by atoms with Crippen molar-refractivity contribution in [1.29, 1.82) is 0 Å². The molecule has 0 aliphatic heterocycles. The number of rotatable bonds is 25. The standard InChI is InChI=1S/C32H58N8O11S2/c1-23(2)32(44)25(36-24(3)4)10-8-9-13-33-30(43)22-51-27-12-7-5-6-11-26-31(27)37-38-40(26)17-16-39(20-28(41)34-14-18-52(45,46)47)21-29(42)35-15-19-53(48,49)50/h23-25,27,36H,5-22H2,1-4H3,(H,33,43)(H,34,41)(H,35,42)(H,45,46,47)(H,48,49,50)/t25-,27?/m1/s1. The van der Waals surface area contributed by atoms with Crippen molar-refractivity contribution in [2.45, 2.75) is 104 Å². The fourth-order valence-corrected chi connectivity index (χ4v) is 6.50. The Bertz CT molecular complexity index is 1500. The Kier molecular flexibility index (Phi) is 20.0. The fourth-order valence-electron chi connectivity index (χ4n) is 5.78. The second-order valence-corrected chi connectivity index (χ2v) is 16.9. The Labute approximate surface area is 312 Å². The molecule has 1 aliphatic rings. The van der Waals surface area contributed by atoms with E-state index in [1.165, 1.54) is 4.90 Å². The molecule has 2 atom stereocenters. The number of hydrogen-bond donors (Lipinski definition) is 6. The minimum atomic E-state index is -4.30. The molecule has 0 aromatic carbocycles. The van der Waals surface area contributed by atoms with Crippen LogP contribution < -0.4 is 21.3 Å². The Morgan fingerprint density at radius 1 is 0.868 bits per heavy atom. The zero-order chi connectivity index (χ0) is 39.6. The lowest BCUT2D eigenvalue weighted by molar-refractivity contribution is -0.128. The molecule has 0 fully saturated rings. The highest BCUT2D eigenvalue weighted by Crippen LogP contribution is 2.29. The lowest BCUT2D eigenvalue weighted by Gasteiger charge is -2.23. The van der Waals surface area contributed by atoms with Crippen LogP contribution in [0.5, 0.6) is 0 Å². The predicted octanol–water partition coefficient (Wildman–Crippen LogP) is -0.359. The summed E-state index contributed by atoms with van der Waals surface area (Å²) in [7, 11) is -8.60. The van der Waals surface area contributed by atoms with Gasteiger partial charge in [0.2, 0.25) is 17.7 Å². The van der Waals surface area contributed by atoms with Gasteiger partial charge in [0.25, 0.3) is 20.2 Å². The van der Waals surface area contributed by atoms with Gasteiger partial charge in [0.05, 0.1) is 42.9 Å². The molecule has 0 bridgehead atoms. The van der Waals surface area contributed by atoms with Crippen molar-refractivity contribution in [2.24, 2.45) is 5.92 Å². The van der Waals surface area contributed by atoms with Crippen molar-refractivity contribution in [3.63, 3.8) is 0 Å². The summed E-state index contributed by atoms with van der Waals surface area (Å²) < 4.78 is 69.6. The van der Waals surface area contributed by atoms with Crippen LogP contribution in [0.15, 0.2) is 0 Å². The first-order valence-electron chi connectivity index (χ1n) is 18.1. The minimum absolute atomic E-state index is 0.0611. The Morgan fingerprint density at radius 2 is 1.47 bits per heavy atom. The maximum atomic E-state index is 12.7. The summed E-state index contributed by atoms with van der Waals surface area (Å²) in [5.41, 5.74) is 1.40. The number of fused-ring (bicyclic) bond motifs is 1. The fraction of sp³-hybridized carbons (Fsp3) is 0.812. The number of amides is 3. The van der Waals surface area contributed by atoms with Gasteiger partial charge in [-0.1, -0.05) is 45.7 Å². The quantitative estimate of drug-likeness (QED) is 0.0545. The predicted molar refractivity (Wildman–Crippen MR) is 195 cm³/mol. The number of nitrogens with zero attached hydrogens (tertiary/aromatic N) is 4. The van der Waals surface area contributed by atoms with E-state index in [0.29, 0.717) is 37.9 Å². The summed E-state index contributed by atoms with van der Waals surface area (Å²) in [4.78, 5) is 51.8. The van der Waals surface area contributed by atoms with Gasteiger partial charge in [0.15, 0.2) is 5.78 Å². The van der Waals surface area contributed by atoms with E-state index in [4.69, 9.17) is 13.8 Å². The van der Waals surface area contributed by atoms with Crippen LogP contribution in [0, 0.1) is 5.92 Å². The molecule has 53 heavy (non-hydrogen) atoms. The van der Waals surface area contributed by atoms with Gasteiger partial charge < -0.3 is 26.0 Å². The van der Waals surface area contributed by atoms with Crippen LogP contribution in [0.4, 0.5) is 0 Å². The zero-order valence-electron chi connectivity index (χ0n) is 31.2. The molecule has 6 N–H and O–H groups in total. The number of aromatic nitrogens is 3. The molecule has 19 nitrogen and oxygen atoms in total. The Morgan fingerprint density at radius 3 is 2.04 bits per heavy atom. The lowest BCUT2D eigenvalue weighted by Crippen LogP contribution is -2.45. The van der Waals surface area contributed by atoms with Gasteiger partial charge in [0, 0.05) is 38.1 Å². The van der Waals surface area contributed by atoms with Crippen LogP contribution in [0.2, 0.25) is 0 Å². The third kappa shape index (κ3) is 19.7. The Balaban J connectivity index is 1.99. The van der Waals surface area contributed by atoms with Crippen molar-refractivity contribution in [2.75, 3.05) is 57.4 Å². The monoisotopic (exact) mass is 794 g/mol. The molecule has 0 spiro atoms. The van der Waals surface area contributed by atoms with Crippen molar-refractivity contribution in [1.82, 2.24) is 41.2 Å². The molecule has 3 amide bonds. The number of hydrogen-bond acceptors (Lipinski definition) is 13. The van der Waals surface area contributed by atoms with Gasteiger partial charge in [-0.2, -0.15) is 16.8 Å². The topological polar surface area (TPSA) is 268 Å². The molecule has 0 saturated carbocycles. The molecule has 21 heteroatoms. The van der Waals surface area contributed by atoms with Gasteiger partial charge >= 0.3 is 0 Å². The van der Waals surface area contributed by atoms with Crippen LogP contribution >= 0.6 is 0 Å². The maximum absolute atomic E-state index is 12.7. The molecule has 304 valence electrons. The Hall–Kier alpha value is -3.08. The van der Waals surface area contributed by atoms with E-state index < -0.39 is 49.7 Å². The van der Waals surface area contributed by atoms with Crippen LogP contribution in [0.1, 0.15) is 90.1 Å². The van der Waals surface area contributed by atoms with Gasteiger partial charge in [-0.15, -0.1) is 5.10 Å². The van der Waals surface area contributed by atoms with E-state index in [1.807, 2.05) is 27.7 Å². The second-order valence-electron chi connectivity index (χ2n) is 13.8. The van der Waals surface area contributed by atoms with E-state index in [9.17, 15) is 36.0 Å². The minimum Gasteiger partial charge on any atom is -0.362 e. The highest BCUT2D eigenvalue weighted by atomic mass is 32.2. The van der Waals surface area contributed by atoms with Crippen LogP contribution in [0.3, 0.4) is 0 Å². The first-order chi connectivity index (χ1) is 24.8. The van der Waals surface area contributed by atoms with Crippen LogP contribution in [-0.4, -0.2) is 139 Å². The molecule has 1 heterocycles. The molecule has 2 rings (SSSR count). The van der Waals surface area contributed by atoms with Gasteiger partial charge in [-0.25, -0.2) is 4.68 Å². The summed E-state index contributed by atoms with van der Waals surface area (Å²) in [6.45, 7) is 7.02. The third-order valence-electron chi connectivity index (χ3n) is 8.38. The van der Waals surface area contributed by atoms with Gasteiger partial charge in [-0.05, 0) is 38.5 Å². The van der Waals surface area contributed by atoms with Crippen molar-refractivity contribution in [3.05, 3.63) is 11.4 Å². The molecule has 1 aromatic rings. The highest BCUT2D eigenvalue weighted by molar-refractivity contribution is 7.86. The van der Waals surface area contributed by atoms with E-state index in [0.717, 1.165) is 31.4 Å².